The van der Waals surface area contributed by atoms with Gasteiger partial charge >= 0.3 is 0 Å². The van der Waals surface area contributed by atoms with Gasteiger partial charge in [0.2, 0.25) is 0 Å². The average molecular weight is 339 g/mol. The molecule has 25 heavy (non-hydrogen) atoms. The molecule has 0 spiro atoms. The lowest BCUT2D eigenvalue weighted by Crippen LogP contribution is -2.41. The molecule has 1 aliphatic carbocycles. The van der Waals surface area contributed by atoms with E-state index in [1.807, 2.05) is 67.3 Å². The summed E-state index contributed by atoms with van der Waals surface area (Å²) in [7, 11) is 1.65. The van der Waals surface area contributed by atoms with Crippen LogP contribution in [0.25, 0.3) is 0 Å². The summed E-state index contributed by atoms with van der Waals surface area (Å²) in [5.41, 5.74) is 2.27. The molecule has 4 nitrogen and oxygen atoms in total. The normalized spacial score (nSPS) is 14.7. The number of aryl methyl sites for hydroxylation is 1. The molecule has 1 fully saturated rings. The first-order valence-corrected chi connectivity index (χ1v) is 8.73. The SMILES string of the molecule is COc1ccc(CN(C(=O)C(C)Oc2ccc(C)cc2)C2CC2)cc1. The molecule has 0 radical (unpaired) electrons. The number of hydrogen-bond donors (Lipinski definition) is 0. The van der Waals surface area contributed by atoms with Crippen LogP contribution >= 0.6 is 0 Å². The van der Waals surface area contributed by atoms with Gasteiger partial charge in [-0.2, -0.15) is 0 Å². The number of nitrogens with zero attached hydrogens (tertiary/aromatic N) is 1. The van der Waals surface area contributed by atoms with Crippen molar-refractivity contribution in [1.82, 2.24) is 4.90 Å². The van der Waals surface area contributed by atoms with E-state index in [1.165, 1.54) is 5.56 Å². The van der Waals surface area contributed by atoms with Crippen LogP contribution in [0.5, 0.6) is 11.5 Å². The second-order valence-electron chi connectivity index (χ2n) is 6.62. The summed E-state index contributed by atoms with van der Waals surface area (Å²) in [4.78, 5) is 14.8. The van der Waals surface area contributed by atoms with Gasteiger partial charge in [-0.05, 0) is 56.5 Å². The number of carbonyl (C=O) groups excluding carboxylic acids is 1. The minimum Gasteiger partial charge on any atom is -0.497 e. The van der Waals surface area contributed by atoms with Gasteiger partial charge in [0.1, 0.15) is 11.5 Å². The molecule has 0 bridgehead atoms. The van der Waals surface area contributed by atoms with Gasteiger partial charge < -0.3 is 14.4 Å². The van der Waals surface area contributed by atoms with Crippen LogP contribution in [0.1, 0.15) is 30.9 Å². The zero-order chi connectivity index (χ0) is 17.8. The maximum absolute atomic E-state index is 12.9. The summed E-state index contributed by atoms with van der Waals surface area (Å²) in [6.45, 7) is 4.46. The van der Waals surface area contributed by atoms with Gasteiger partial charge in [0.15, 0.2) is 6.10 Å². The zero-order valence-electron chi connectivity index (χ0n) is 15.1. The second-order valence-corrected chi connectivity index (χ2v) is 6.62. The van der Waals surface area contributed by atoms with Gasteiger partial charge in [-0.3, -0.25) is 4.79 Å². The number of amides is 1. The molecule has 1 unspecified atom stereocenters. The molecule has 1 amide bonds. The van der Waals surface area contributed by atoms with Crippen molar-refractivity contribution >= 4 is 5.91 Å². The summed E-state index contributed by atoms with van der Waals surface area (Å²) in [5, 5.41) is 0. The van der Waals surface area contributed by atoms with Crippen LogP contribution in [-0.2, 0) is 11.3 Å². The van der Waals surface area contributed by atoms with Crippen molar-refractivity contribution in [2.24, 2.45) is 0 Å². The molecule has 4 heteroatoms. The third-order valence-corrected chi connectivity index (χ3v) is 4.46. The van der Waals surface area contributed by atoms with Crippen LogP contribution in [-0.4, -0.2) is 30.1 Å². The lowest BCUT2D eigenvalue weighted by molar-refractivity contribution is -0.139. The maximum atomic E-state index is 12.9. The highest BCUT2D eigenvalue weighted by molar-refractivity contribution is 5.81. The van der Waals surface area contributed by atoms with Gasteiger partial charge in [0.25, 0.3) is 5.91 Å². The van der Waals surface area contributed by atoms with Gasteiger partial charge in [-0.25, -0.2) is 0 Å². The first kappa shape index (κ1) is 17.3. The third-order valence-electron chi connectivity index (χ3n) is 4.46. The van der Waals surface area contributed by atoms with E-state index in [0.717, 1.165) is 29.9 Å². The lowest BCUT2D eigenvalue weighted by atomic mass is 10.2. The Hall–Kier alpha value is -2.49. The number of ether oxygens (including phenoxy) is 2. The molecule has 2 aromatic rings. The van der Waals surface area contributed by atoms with Gasteiger partial charge in [0, 0.05) is 12.6 Å². The molecule has 0 N–H and O–H groups in total. The van der Waals surface area contributed by atoms with Gasteiger partial charge in [-0.15, -0.1) is 0 Å². The molecule has 1 atom stereocenters. The molecule has 0 aliphatic heterocycles. The smallest absolute Gasteiger partial charge is 0.263 e. The van der Waals surface area contributed by atoms with Gasteiger partial charge in [0.05, 0.1) is 7.11 Å². The monoisotopic (exact) mass is 339 g/mol. The Morgan fingerprint density at radius 2 is 1.68 bits per heavy atom. The van der Waals surface area contributed by atoms with E-state index >= 15 is 0 Å². The van der Waals surface area contributed by atoms with Crippen LogP contribution in [0.3, 0.4) is 0 Å². The lowest BCUT2D eigenvalue weighted by Gasteiger charge is -2.26. The van der Waals surface area contributed by atoms with Crippen LogP contribution in [0.2, 0.25) is 0 Å². The molecule has 0 heterocycles. The Bertz CT molecular complexity index is 705. The van der Waals surface area contributed by atoms with Crippen LogP contribution < -0.4 is 9.47 Å². The number of benzene rings is 2. The standard InChI is InChI=1S/C21H25NO3/c1-15-4-10-20(11-5-15)25-16(2)21(23)22(18-8-9-18)14-17-6-12-19(24-3)13-7-17/h4-7,10-13,16,18H,8-9,14H2,1-3H3. The van der Waals surface area contributed by atoms with Gasteiger partial charge in [-0.1, -0.05) is 29.8 Å². The Labute approximate surface area is 149 Å². The first-order chi connectivity index (χ1) is 12.1. The quantitative estimate of drug-likeness (QED) is 0.766. The van der Waals surface area contributed by atoms with Crippen molar-refractivity contribution < 1.29 is 14.3 Å². The highest BCUT2D eigenvalue weighted by atomic mass is 16.5. The summed E-state index contributed by atoms with van der Waals surface area (Å²) < 4.78 is 11.0. The van der Waals surface area contributed by atoms with E-state index in [4.69, 9.17) is 9.47 Å². The van der Waals surface area contributed by atoms with Crippen LogP contribution in [0.15, 0.2) is 48.5 Å². The number of carbonyl (C=O) groups is 1. The molecule has 1 aliphatic rings. The Balaban J connectivity index is 1.66. The van der Waals surface area contributed by atoms with Crippen molar-refractivity contribution in [3.63, 3.8) is 0 Å². The topological polar surface area (TPSA) is 38.8 Å². The number of methoxy groups -OCH3 is 1. The number of hydrogen-bond acceptors (Lipinski definition) is 3. The van der Waals surface area contributed by atoms with Crippen LogP contribution in [0.4, 0.5) is 0 Å². The highest BCUT2D eigenvalue weighted by Crippen LogP contribution is 2.30. The maximum Gasteiger partial charge on any atom is 0.263 e. The van der Waals surface area contributed by atoms with Crippen molar-refractivity contribution in [2.75, 3.05) is 7.11 Å². The predicted octanol–water partition coefficient (Wildman–Crippen LogP) is 3.96. The molecule has 132 valence electrons. The molecular formula is C21H25NO3. The molecule has 3 rings (SSSR count). The largest absolute Gasteiger partial charge is 0.497 e. The summed E-state index contributed by atoms with van der Waals surface area (Å²) in [6.07, 6.45) is 1.64. The highest BCUT2D eigenvalue weighted by Gasteiger charge is 2.35. The molecule has 1 saturated carbocycles. The first-order valence-electron chi connectivity index (χ1n) is 8.73. The summed E-state index contributed by atoms with van der Waals surface area (Å²) in [6, 6.07) is 16.0. The van der Waals surface area contributed by atoms with E-state index in [1.54, 1.807) is 7.11 Å². The molecular weight excluding hydrogens is 314 g/mol. The fraction of sp³-hybridized carbons (Fsp3) is 0.381. The fourth-order valence-electron chi connectivity index (χ4n) is 2.81. The predicted molar refractivity (Wildman–Crippen MR) is 97.8 cm³/mol. The van der Waals surface area contributed by atoms with Crippen molar-refractivity contribution in [2.45, 2.75) is 45.4 Å². The Morgan fingerprint density at radius 1 is 1.08 bits per heavy atom. The Kier molecular flexibility index (Phi) is 5.27. The van der Waals surface area contributed by atoms with E-state index in [2.05, 4.69) is 0 Å². The fourth-order valence-corrected chi connectivity index (χ4v) is 2.81. The van der Waals surface area contributed by atoms with Crippen molar-refractivity contribution in [1.29, 1.82) is 0 Å². The van der Waals surface area contributed by atoms with E-state index in [-0.39, 0.29) is 5.91 Å². The minimum absolute atomic E-state index is 0.0406. The minimum atomic E-state index is -0.499. The average Bonchev–Trinajstić information content (AvgIpc) is 3.46. The summed E-state index contributed by atoms with van der Waals surface area (Å²) >= 11 is 0. The second kappa shape index (κ2) is 7.60. The van der Waals surface area contributed by atoms with Crippen molar-refractivity contribution in [3.8, 4) is 11.5 Å². The summed E-state index contributed by atoms with van der Waals surface area (Å²) in [5.74, 6) is 1.59. The molecule has 0 saturated heterocycles. The third kappa shape index (κ3) is 4.53. The number of rotatable bonds is 7. The zero-order valence-corrected chi connectivity index (χ0v) is 15.1. The van der Waals surface area contributed by atoms with E-state index in [0.29, 0.717) is 12.6 Å². The van der Waals surface area contributed by atoms with Crippen molar-refractivity contribution in [3.05, 3.63) is 59.7 Å². The molecule has 0 aromatic heterocycles. The molecule has 2 aromatic carbocycles. The van der Waals surface area contributed by atoms with Crippen LogP contribution in [0, 0.1) is 6.92 Å². The van der Waals surface area contributed by atoms with E-state index in [9.17, 15) is 4.79 Å². The van der Waals surface area contributed by atoms with E-state index < -0.39 is 6.10 Å². The Morgan fingerprint density at radius 3 is 2.24 bits per heavy atom.